The van der Waals surface area contributed by atoms with Gasteiger partial charge in [-0.3, -0.25) is 0 Å². The molecule has 1 rings (SSSR count). The highest BCUT2D eigenvalue weighted by molar-refractivity contribution is 7.04. The number of ether oxygens (including phenoxy) is 2. The lowest BCUT2D eigenvalue weighted by atomic mass is 9.85. The maximum absolute atomic E-state index is 11.5. The van der Waals surface area contributed by atoms with E-state index >= 15 is 0 Å². The first-order valence-corrected chi connectivity index (χ1v) is 10.3. The zero-order valence-corrected chi connectivity index (χ0v) is 13.3. The molecular weight excluding hydrogens is 244 g/mol. The van der Waals surface area contributed by atoms with Crippen molar-refractivity contribution in [3.63, 3.8) is 0 Å². The van der Waals surface area contributed by atoms with Crippen LogP contribution in [0.1, 0.15) is 39.0 Å². The Hall–Kier alpha value is -0.193. The molecule has 1 atom stereocenters. The Morgan fingerprint density at radius 3 is 2.39 bits per heavy atom. The van der Waals surface area contributed by atoms with E-state index in [4.69, 9.17) is 9.47 Å². The van der Waals surface area contributed by atoms with Crippen LogP contribution >= 0.6 is 0 Å². The van der Waals surface area contributed by atoms with Crippen molar-refractivity contribution in [1.82, 2.24) is 0 Å². The van der Waals surface area contributed by atoms with Gasteiger partial charge in [-0.2, -0.15) is 0 Å². The van der Waals surface area contributed by atoms with Crippen LogP contribution in [-0.2, 0) is 14.3 Å². The number of carbonyl (C=O) groups is 1. The molecule has 0 unspecified atom stereocenters. The summed E-state index contributed by atoms with van der Waals surface area (Å²) in [6.45, 7) is 6.46. The van der Waals surface area contributed by atoms with Gasteiger partial charge in [-0.05, 0) is 25.7 Å². The Kier molecular flexibility index (Phi) is 6.53. The number of methoxy groups -OCH3 is 1. The average molecular weight is 272 g/mol. The van der Waals surface area contributed by atoms with E-state index in [1.54, 1.807) is 14.0 Å². The lowest BCUT2D eigenvalue weighted by Crippen LogP contribution is -2.42. The minimum Gasteiger partial charge on any atom is -0.381 e. The predicted octanol–water partition coefficient (Wildman–Crippen LogP) is 2.97. The predicted molar refractivity (Wildman–Crippen MR) is 76.4 cm³/mol. The standard InChI is InChI=1S/C14H28O3Si/c1-12(15)18(3,4)11-17-10-14(16-2)13-8-6-5-7-9-13/h13-14H,5-11H2,1-4H3/t14-/m1/s1. The second-order valence-electron chi connectivity index (χ2n) is 6.13. The zero-order chi connectivity index (χ0) is 13.6. The molecule has 0 amide bonds. The third-order valence-electron chi connectivity index (χ3n) is 4.18. The lowest BCUT2D eigenvalue weighted by molar-refractivity contribution is -0.111. The van der Waals surface area contributed by atoms with Gasteiger partial charge in [-0.25, -0.2) is 0 Å². The van der Waals surface area contributed by atoms with E-state index in [1.165, 1.54) is 32.1 Å². The smallest absolute Gasteiger partial charge is 0.154 e. The van der Waals surface area contributed by atoms with E-state index in [1.807, 2.05) is 0 Å². The molecule has 106 valence electrons. The van der Waals surface area contributed by atoms with Gasteiger partial charge in [0.2, 0.25) is 0 Å². The van der Waals surface area contributed by atoms with E-state index in [-0.39, 0.29) is 6.10 Å². The maximum atomic E-state index is 11.5. The summed E-state index contributed by atoms with van der Waals surface area (Å²) in [4.78, 5) is 11.5. The Morgan fingerprint density at radius 1 is 1.28 bits per heavy atom. The fourth-order valence-corrected chi connectivity index (χ4v) is 3.27. The van der Waals surface area contributed by atoms with Gasteiger partial charge in [0.05, 0.1) is 12.7 Å². The van der Waals surface area contributed by atoms with Crippen molar-refractivity contribution in [3.05, 3.63) is 0 Å². The Bertz CT molecular complexity index is 260. The summed E-state index contributed by atoms with van der Waals surface area (Å²) in [5, 5.41) is 0.314. The van der Waals surface area contributed by atoms with Crippen LogP contribution in [0, 0.1) is 5.92 Å². The number of hydrogen-bond donors (Lipinski definition) is 0. The summed E-state index contributed by atoms with van der Waals surface area (Å²) in [6, 6.07) is 0. The molecule has 0 aromatic carbocycles. The van der Waals surface area contributed by atoms with Crippen molar-refractivity contribution in [2.45, 2.75) is 58.2 Å². The monoisotopic (exact) mass is 272 g/mol. The van der Waals surface area contributed by atoms with E-state index in [0.717, 1.165) is 0 Å². The third kappa shape index (κ3) is 4.82. The normalized spacial score (nSPS) is 19.8. The molecule has 0 heterocycles. The summed E-state index contributed by atoms with van der Waals surface area (Å²) >= 11 is 0. The molecule has 0 bridgehead atoms. The molecule has 0 N–H and O–H groups in total. The van der Waals surface area contributed by atoms with Crippen LogP contribution in [-0.4, -0.2) is 39.5 Å². The van der Waals surface area contributed by atoms with Gasteiger partial charge in [0.25, 0.3) is 0 Å². The largest absolute Gasteiger partial charge is 0.381 e. The minimum absolute atomic E-state index is 0.210. The average Bonchev–Trinajstić information content (AvgIpc) is 2.35. The molecule has 1 fully saturated rings. The Labute approximate surface area is 112 Å². The van der Waals surface area contributed by atoms with Gasteiger partial charge < -0.3 is 14.3 Å². The summed E-state index contributed by atoms with van der Waals surface area (Å²) in [5.74, 6) is 0.644. The zero-order valence-electron chi connectivity index (χ0n) is 12.3. The number of hydrogen-bond acceptors (Lipinski definition) is 3. The van der Waals surface area contributed by atoms with Crippen LogP contribution in [0.15, 0.2) is 0 Å². The first-order chi connectivity index (χ1) is 8.47. The van der Waals surface area contributed by atoms with Gasteiger partial charge in [0, 0.05) is 13.3 Å². The van der Waals surface area contributed by atoms with Gasteiger partial charge in [-0.15, -0.1) is 0 Å². The number of carbonyl (C=O) groups excluding carboxylic acids is 1. The maximum Gasteiger partial charge on any atom is 0.154 e. The Morgan fingerprint density at radius 2 is 1.89 bits per heavy atom. The van der Waals surface area contributed by atoms with Crippen molar-refractivity contribution in [1.29, 1.82) is 0 Å². The quantitative estimate of drug-likeness (QED) is 0.668. The molecule has 1 aliphatic carbocycles. The summed E-state index contributed by atoms with van der Waals surface area (Å²) < 4.78 is 11.4. The van der Waals surface area contributed by atoms with Gasteiger partial charge in [0.15, 0.2) is 8.07 Å². The molecule has 0 saturated heterocycles. The summed E-state index contributed by atoms with van der Waals surface area (Å²) in [7, 11) is -0.0524. The SMILES string of the molecule is CO[C@H](COC[Si](C)(C)C(C)=O)C1CCCCC1. The number of rotatable bonds is 7. The molecule has 0 radical (unpaired) electrons. The van der Waals surface area contributed by atoms with Gasteiger partial charge in [-0.1, -0.05) is 32.4 Å². The first-order valence-electron chi connectivity index (χ1n) is 7.09. The molecule has 0 aliphatic heterocycles. The molecule has 4 heteroatoms. The van der Waals surface area contributed by atoms with Crippen LogP contribution in [0.25, 0.3) is 0 Å². The fraction of sp³-hybridized carbons (Fsp3) is 0.929. The van der Waals surface area contributed by atoms with E-state index < -0.39 is 8.07 Å². The highest BCUT2D eigenvalue weighted by Crippen LogP contribution is 2.28. The van der Waals surface area contributed by atoms with Crippen LogP contribution in [0.4, 0.5) is 0 Å². The molecule has 0 aromatic heterocycles. The molecule has 18 heavy (non-hydrogen) atoms. The van der Waals surface area contributed by atoms with Crippen molar-refractivity contribution in [3.8, 4) is 0 Å². The van der Waals surface area contributed by atoms with Crippen molar-refractivity contribution < 1.29 is 14.3 Å². The Balaban J connectivity index is 2.33. The molecule has 3 nitrogen and oxygen atoms in total. The van der Waals surface area contributed by atoms with E-state index in [2.05, 4.69) is 13.1 Å². The van der Waals surface area contributed by atoms with E-state index in [9.17, 15) is 4.79 Å². The second-order valence-corrected chi connectivity index (χ2v) is 10.9. The third-order valence-corrected chi connectivity index (χ3v) is 7.01. The topological polar surface area (TPSA) is 35.5 Å². The molecule has 1 saturated carbocycles. The fourth-order valence-electron chi connectivity index (χ4n) is 2.43. The second kappa shape index (κ2) is 7.41. The van der Waals surface area contributed by atoms with Crippen molar-refractivity contribution >= 4 is 13.5 Å². The van der Waals surface area contributed by atoms with Crippen LogP contribution in [0.3, 0.4) is 0 Å². The molecular formula is C14H28O3Si. The molecule has 1 aliphatic rings. The first kappa shape index (κ1) is 15.9. The summed E-state index contributed by atoms with van der Waals surface area (Å²) in [5.41, 5.74) is 0. The molecule has 0 aromatic rings. The van der Waals surface area contributed by atoms with Crippen LogP contribution < -0.4 is 0 Å². The van der Waals surface area contributed by atoms with Crippen molar-refractivity contribution in [2.24, 2.45) is 5.92 Å². The lowest BCUT2D eigenvalue weighted by Gasteiger charge is -2.30. The molecule has 0 spiro atoms. The summed E-state index contributed by atoms with van der Waals surface area (Å²) in [6.07, 6.45) is 7.34. The highest BCUT2D eigenvalue weighted by atomic mass is 28.3. The minimum atomic E-state index is -1.83. The van der Waals surface area contributed by atoms with Gasteiger partial charge in [0.1, 0.15) is 5.41 Å². The highest BCUT2D eigenvalue weighted by Gasteiger charge is 2.29. The van der Waals surface area contributed by atoms with Crippen LogP contribution in [0.5, 0.6) is 0 Å². The van der Waals surface area contributed by atoms with Crippen LogP contribution in [0.2, 0.25) is 13.1 Å². The van der Waals surface area contributed by atoms with E-state index in [0.29, 0.717) is 24.2 Å². The van der Waals surface area contributed by atoms with Crippen molar-refractivity contribution in [2.75, 3.05) is 19.9 Å². The van der Waals surface area contributed by atoms with Gasteiger partial charge >= 0.3 is 0 Å².